The number of aromatic nitrogens is 1. The minimum absolute atomic E-state index is 0.225. The van der Waals surface area contributed by atoms with E-state index in [1.165, 1.54) is 5.69 Å². The molecule has 82 valence electrons. The maximum atomic E-state index is 9.82. The molecule has 1 atom stereocenters. The molecule has 1 aliphatic carbocycles. The molecule has 0 aromatic carbocycles. The van der Waals surface area contributed by atoms with Crippen LogP contribution >= 0.6 is 0 Å². The quantitative estimate of drug-likeness (QED) is 0.754. The molecule has 2 nitrogen and oxygen atoms in total. The number of hydrogen-bond donors (Lipinski definition) is 1. The van der Waals surface area contributed by atoms with E-state index >= 15 is 0 Å². The lowest BCUT2D eigenvalue weighted by Gasteiger charge is -2.19. The van der Waals surface area contributed by atoms with Gasteiger partial charge in [0.15, 0.2) is 0 Å². The standard InChI is InChI=1S/C13H19NO/c1-2-3-4-9-14-10-8-11-12(14)6-5-7-13(11)15/h2-3,8,10,13,15H,4-7,9H2,1H3/b3-2+. The highest BCUT2D eigenvalue weighted by molar-refractivity contribution is 5.27. The van der Waals surface area contributed by atoms with Crippen molar-refractivity contribution in [3.63, 3.8) is 0 Å². The van der Waals surface area contributed by atoms with Crippen LogP contribution in [0.4, 0.5) is 0 Å². The summed E-state index contributed by atoms with van der Waals surface area (Å²) in [5.74, 6) is 0. The van der Waals surface area contributed by atoms with E-state index in [0.717, 1.165) is 37.8 Å². The first-order valence-corrected chi connectivity index (χ1v) is 5.80. The average Bonchev–Trinajstić information content (AvgIpc) is 2.64. The van der Waals surface area contributed by atoms with Crippen molar-refractivity contribution >= 4 is 0 Å². The van der Waals surface area contributed by atoms with E-state index < -0.39 is 0 Å². The van der Waals surface area contributed by atoms with Gasteiger partial charge in [-0.2, -0.15) is 0 Å². The predicted octanol–water partition coefficient (Wildman–Crippen LogP) is 2.82. The molecular formula is C13H19NO. The molecule has 1 aromatic rings. The smallest absolute Gasteiger partial charge is 0.0807 e. The van der Waals surface area contributed by atoms with Gasteiger partial charge in [-0.15, -0.1) is 0 Å². The fourth-order valence-corrected chi connectivity index (χ4v) is 2.32. The maximum absolute atomic E-state index is 9.82. The van der Waals surface area contributed by atoms with E-state index in [9.17, 15) is 5.11 Å². The topological polar surface area (TPSA) is 25.2 Å². The first kappa shape index (κ1) is 10.5. The maximum Gasteiger partial charge on any atom is 0.0807 e. The zero-order valence-electron chi connectivity index (χ0n) is 9.32. The molecule has 2 heteroatoms. The Morgan fingerprint density at radius 3 is 3.27 bits per heavy atom. The van der Waals surface area contributed by atoms with Crippen molar-refractivity contribution in [2.75, 3.05) is 0 Å². The Balaban J connectivity index is 2.12. The van der Waals surface area contributed by atoms with Gasteiger partial charge in [0.2, 0.25) is 0 Å². The first-order valence-electron chi connectivity index (χ1n) is 5.80. The Morgan fingerprint density at radius 2 is 2.47 bits per heavy atom. The predicted molar refractivity (Wildman–Crippen MR) is 61.8 cm³/mol. The van der Waals surface area contributed by atoms with E-state index in [-0.39, 0.29) is 6.10 Å². The molecule has 1 unspecified atom stereocenters. The first-order chi connectivity index (χ1) is 7.33. The molecule has 0 bridgehead atoms. The summed E-state index contributed by atoms with van der Waals surface area (Å²) < 4.78 is 2.29. The van der Waals surface area contributed by atoms with E-state index in [1.54, 1.807) is 0 Å². The molecule has 2 rings (SSSR count). The number of aliphatic hydroxyl groups excluding tert-OH is 1. The third-order valence-corrected chi connectivity index (χ3v) is 3.14. The second-order valence-electron chi connectivity index (χ2n) is 4.18. The summed E-state index contributed by atoms with van der Waals surface area (Å²) in [6, 6.07) is 2.08. The average molecular weight is 205 g/mol. The molecule has 0 spiro atoms. The molecule has 1 aromatic heterocycles. The minimum Gasteiger partial charge on any atom is -0.388 e. The van der Waals surface area contributed by atoms with Crippen LogP contribution in [0, 0.1) is 0 Å². The number of rotatable bonds is 3. The molecule has 0 saturated carbocycles. The summed E-state index contributed by atoms with van der Waals surface area (Å²) in [4.78, 5) is 0. The minimum atomic E-state index is -0.225. The number of allylic oxidation sites excluding steroid dienone is 2. The van der Waals surface area contributed by atoms with Crippen molar-refractivity contribution in [1.82, 2.24) is 4.57 Å². The third-order valence-electron chi connectivity index (χ3n) is 3.14. The van der Waals surface area contributed by atoms with Crippen molar-refractivity contribution in [3.05, 3.63) is 35.7 Å². The van der Waals surface area contributed by atoms with Crippen LogP contribution in [0.15, 0.2) is 24.4 Å². The van der Waals surface area contributed by atoms with Gasteiger partial charge in [-0.3, -0.25) is 0 Å². The van der Waals surface area contributed by atoms with Crippen molar-refractivity contribution in [1.29, 1.82) is 0 Å². The summed E-state index contributed by atoms with van der Waals surface area (Å²) >= 11 is 0. The van der Waals surface area contributed by atoms with Gasteiger partial charge in [0.25, 0.3) is 0 Å². The molecule has 1 N–H and O–H groups in total. The Morgan fingerprint density at radius 1 is 1.60 bits per heavy atom. The Bertz CT molecular complexity index is 351. The van der Waals surface area contributed by atoms with E-state index in [2.05, 4.69) is 35.9 Å². The van der Waals surface area contributed by atoms with Gasteiger partial charge < -0.3 is 9.67 Å². The molecule has 0 amide bonds. The Labute approximate surface area is 91.2 Å². The molecular weight excluding hydrogens is 186 g/mol. The van der Waals surface area contributed by atoms with Crippen LogP contribution in [0.3, 0.4) is 0 Å². The molecule has 0 saturated heterocycles. The van der Waals surface area contributed by atoms with Gasteiger partial charge in [0, 0.05) is 24.0 Å². The van der Waals surface area contributed by atoms with Crippen LogP contribution < -0.4 is 0 Å². The Hall–Kier alpha value is -1.02. The van der Waals surface area contributed by atoms with Crippen LogP contribution in [-0.2, 0) is 13.0 Å². The van der Waals surface area contributed by atoms with Gasteiger partial charge in [0.1, 0.15) is 0 Å². The third kappa shape index (κ3) is 2.15. The lowest BCUT2D eigenvalue weighted by Crippen LogP contribution is -2.11. The summed E-state index contributed by atoms with van der Waals surface area (Å²) in [6.07, 6.45) is 10.4. The van der Waals surface area contributed by atoms with Crippen LogP contribution in [0.25, 0.3) is 0 Å². The molecule has 1 aliphatic rings. The second-order valence-corrected chi connectivity index (χ2v) is 4.18. The monoisotopic (exact) mass is 205 g/mol. The normalized spacial score (nSPS) is 20.8. The summed E-state index contributed by atoms with van der Waals surface area (Å²) in [7, 11) is 0. The van der Waals surface area contributed by atoms with Crippen molar-refractivity contribution in [3.8, 4) is 0 Å². The zero-order chi connectivity index (χ0) is 10.7. The van der Waals surface area contributed by atoms with Gasteiger partial charge in [-0.25, -0.2) is 0 Å². The van der Waals surface area contributed by atoms with Crippen molar-refractivity contribution in [2.24, 2.45) is 0 Å². The second kappa shape index (κ2) is 4.67. The number of nitrogens with zero attached hydrogens (tertiary/aromatic N) is 1. The largest absolute Gasteiger partial charge is 0.388 e. The SMILES string of the molecule is C/C=C/CCn1ccc2c1CCCC2O. The highest BCUT2D eigenvalue weighted by Gasteiger charge is 2.20. The molecule has 15 heavy (non-hydrogen) atoms. The zero-order valence-corrected chi connectivity index (χ0v) is 9.32. The van der Waals surface area contributed by atoms with Crippen LogP contribution in [0.5, 0.6) is 0 Å². The van der Waals surface area contributed by atoms with E-state index in [1.807, 2.05) is 0 Å². The summed E-state index contributed by atoms with van der Waals surface area (Å²) in [5, 5.41) is 9.82. The fourth-order valence-electron chi connectivity index (χ4n) is 2.32. The molecule has 0 radical (unpaired) electrons. The van der Waals surface area contributed by atoms with Crippen molar-refractivity contribution in [2.45, 2.75) is 45.3 Å². The summed E-state index contributed by atoms with van der Waals surface area (Å²) in [6.45, 7) is 3.08. The highest BCUT2D eigenvalue weighted by atomic mass is 16.3. The van der Waals surface area contributed by atoms with Crippen molar-refractivity contribution < 1.29 is 5.11 Å². The van der Waals surface area contributed by atoms with Crippen LogP contribution in [0.1, 0.15) is 43.5 Å². The van der Waals surface area contributed by atoms with Gasteiger partial charge in [0.05, 0.1) is 6.10 Å². The number of hydrogen-bond acceptors (Lipinski definition) is 1. The lowest BCUT2D eigenvalue weighted by molar-refractivity contribution is 0.155. The molecule has 1 heterocycles. The van der Waals surface area contributed by atoms with Gasteiger partial charge in [-0.05, 0) is 38.7 Å². The lowest BCUT2D eigenvalue weighted by atomic mass is 9.95. The van der Waals surface area contributed by atoms with E-state index in [4.69, 9.17) is 0 Å². The number of aliphatic hydroxyl groups is 1. The Kier molecular flexibility index (Phi) is 3.27. The van der Waals surface area contributed by atoms with Gasteiger partial charge >= 0.3 is 0 Å². The summed E-state index contributed by atoms with van der Waals surface area (Å²) in [5.41, 5.74) is 2.50. The number of aryl methyl sites for hydroxylation is 1. The fraction of sp³-hybridized carbons (Fsp3) is 0.538. The highest BCUT2D eigenvalue weighted by Crippen LogP contribution is 2.30. The van der Waals surface area contributed by atoms with Crippen LogP contribution in [0.2, 0.25) is 0 Å². The van der Waals surface area contributed by atoms with Crippen LogP contribution in [-0.4, -0.2) is 9.67 Å². The van der Waals surface area contributed by atoms with Gasteiger partial charge in [-0.1, -0.05) is 12.2 Å². The molecule has 0 aliphatic heterocycles. The number of fused-ring (bicyclic) bond motifs is 1. The van der Waals surface area contributed by atoms with E-state index in [0.29, 0.717) is 0 Å². The molecule has 0 fully saturated rings.